The summed E-state index contributed by atoms with van der Waals surface area (Å²) >= 11 is 5.95. The lowest BCUT2D eigenvalue weighted by atomic mass is 10.1. The van der Waals surface area contributed by atoms with Crippen molar-refractivity contribution in [1.82, 2.24) is 19.9 Å². The van der Waals surface area contributed by atoms with Gasteiger partial charge in [-0.1, -0.05) is 17.7 Å². The molecule has 1 aliphatic rings. The Balaban J connectivity index is 1.35. The molecular formula is C23H19ClN4O3. The molecule has 31 heavy (non-hydrogen) atoms. The third kappa shape index (κ3) is 4.23. The SMILES string of the molecule is O=c1[nH]c(-c2ccco2)nc2c1CN(Cc1cccnc1Oc1ccc(Cl)cc1)CC2. The van der Waals surface area contributed by atoms with E-state index < -0.39 is 0 Å². The molecular weight excluding hydrogens is 416 g/mol. The van der Waals surface area contributed by atoms with Gasteiger partial charge in [0, 0.05) is 42.8 Å². The molecule has 0 atom stereocenters. The van der Waals surface area contributed by atoms with Gasteiger partial charge in [0.2, 0.25) is 5.88 Å². The fourth-order valence-electron chi connectivity index (χ4n) is 3.64. The first-order valence-corrected chi connectivity index (χ1v) is 10.3. The molecule has 0 saturated heterocycles. The molecule has 3 aromatic heterocycles. The van der Waals surface area contributed by atoms with Crippen LogP contribution in [0.3, 0.4) is 0 Å². The molecule has 156 valence electrons. The number of aromatic amines is 1. The molecule has 0 unspecified atom stereocenters. The first-order valence-electron chi connectivity index (χ1n) is 9.91. The van der Waals surface area contributed by atoms with Gasteiger partial charge < -0.3 is 14.1 Å². The van der Waals surface area contributed by atoms with Gasteiger partial charge in [-0.3, -0.25) is 9.69 Å². The van der Waals surface area contributed by atoms with Crippen molar-refractivity contribution in [2.24, 2.45) is 0 Å². The summed E-state index contributed by atoms with van der Waals surface area (Å²) in [4.78, 5) is 26.7. The number of H-pyrrole nitrogens is 1. The number of pyridine rings is 1. The van der Waals surface area contributed by atoms with Crippen LogP contribution in [0.5, 0.6) is 11.6 Å². The molecule has 8 heteroatoms. The van der Waals surface area contributed by atoms with E-state index in [2.05, 4.69) is 19.9 Å². The number of benzene rings is 1. The number of fused-ring (bicyclic) bond motifs is 1. The van der Waals surface area contributed by atoms with E-state index in [1.807, 2.05) is 12.1 Å². The van der Waals surface area contributed by atoms with Crippen molar-refractivity contribution in [3.63, 3.8) is 0 Å². The number of nitrogens with zero attached hydrogens (tertiary/aromatic N) is 3. The molecule has 0 amide bonds. The highest BCUT2D eigenvalue weighted by Crippen LogP contribution is 2.27. The number of aromatic nitrogens is 3. The summed E-state index contributed by atoms with van der Waals surface area (Å²) in [6.45, 7) is 1.89. The summed E-state index contributed by atoms with van der Waals surface area (Å²) in [7, 11) is 0. The van der Waals surface area contributed by atoms with Crippen molar-refractivity contribution in [2.45, 2.75) is 19.5 Å². The minimum absolute atomic E-state index is 0.134. The largest absolute Gasteiger partial charge is 0.461 e. The number of nitrogens with one attached hydrogen (secondary N) is 1. The van der Waals surface area contributed by atoms with E-state index in [9.17, 15) is 4.79 Å². The van der Waals surface area contributed by atoms with Gasteiger partial charge in [-0.05, 0) is 42.5 Å². The van der Waals surface area contributed by atoms with Gasteiger partial charge in [0.1, 0.15) is 5.75 Å². The Kier molecular flexibility index (Phi) is 5.28. The second kappa shape index (κ2) is 8.37. The van der Waals surface area contributed by atoms with Crippen LogP contribution in [0.15, 0.2) is 70.2 Å². The topological polar surface area (TPSA) is 84.3 Å². The Morgan fingerprint density at radius 1 is 1.16 bits per heavy atom. The Bertz CT molecular complexity index is 1250. The number of furan rings is 1. The van der Waals surface area contributed by atoms with Crippen LogP contribution in [-0.2, 0) is 19.5 Å². The quantitative estimate of drug-likeness (QED) is 0.500. The van der Waals surface area contributed by atoms with Crippen LogP contribution < -0.4 is 10.3 Å². The van der Waals surface area contributed by atoms with E-state index in [0.717, 1.165) is 17.8 Å². The lowest BCUT2D eigenvalue weighted by Gasteiger charge is -2.28. The van der Waals surface area contributed by atoms with Gasteiger partial charge in [0.25, 0.3) is 5.56 Å². The smallest absolute Gasteiger partial charge is 0.256 e. The van der Waals surface area contributed by atoms with Gasteiger partial charge >= 0.3 is 0 Å². The molecule has 1 N–H and O–H groups in total. The van der Waals surface area contributed by atoms with Crippen LogP contribution in [0.2, 0.25) is 5.02 Å². The summed E-state index contributed by atoms with van der Waals surface area (Å²) in [5.74, 6) is 2.23. The molecule has 0 saturated carbocycles. The third-order valence-corrected chi connectivity index (χ3v) is 5.43. The summed E-state index contributed by atoms with van der Waals surface area (Å²) < 4.78 is 11.3. The first kappa shape index (κ1) is 19.5. The molecule has 0 aliphatic carbocycles. The van der Waals surface area contributed by atoms with Crippen LogP contribution in [0, 0.1) is 0 Å². The number of ether oxygens (including phenoxy) is 1. The maximum Gasteiger partial charge on any atom is 0.256 e. The van der Waals surface area contributed by atoms with E-state index in [1.54, 1.807) is 48.9 Å². The highest BCUT2D eigenvalue weighted by Gasteiger charge is 2.23. The highest BCUT2D eigenvalue weighted by atomic mass is 35.5. The summed E-state index contributed by atoms with van der Waals surface area (Å²) in [6, 6.07) is 14.6. The van der Waals surface area contributed by atoms with E-state index in [0.29, 0.717) is 53.3 Å². The molecule has 0 radical (unpaired) electrons. The Hall–Kier alpha value is -3.42. The molecule has 5 rings (SSSR count). The van der Waals surface area contributed by atoms with E-state index >= 15 is 0 Å². The van der Waals surface area contributed by atoms with Crippen molar-refractivity contribution >= 4 is 11.6 Å². The second-order valence-corrected chi connectivity index (χ2v) is 7.74. The van der Waals surface area contributed by atoms with Crippen molar-refractivity contribution in [3.05, 3.63) is 93.2 Å². The highest BCUT2D eigenvalue weighted by molar-refractivity contribution is 6.30. The van der Waals surface area contributed by atoms with Gasteiger partial charge in [-0.25, -0.2) is 9.97 Å². The molecule has 1 aliphatic heterocycles. The number of rotatable bonds is 5. The van der Waals surface area contributed by atoms with Crippen LogP contribution in [0.4, 0.5) is 0 Å². The van der Waals surface area contributed by atoms with Gasteiger partial charge in [0.05, 0.1) is 17.5 Å². The predicted octanol–water partition coefficient (Wildman–Crippen LogP) is 4.43. The first-order chi connectivity index (χ1) is 15.2. The minimum Gasteiger partial charge on any atom is -0.461 e. The lowest BCUT2D eigenvalue weighted by molar-refractivity contribution is 0.238. The average molecular weight is 435 g/mol. The van der Waals surface area contributed by atoms with Crippen molar-refractivity contribution in [1.29, 1.82) is 0 Å². The van der Waals surface area contributed by atoms with E-state index in [-0.39, 0.29) is 5.56 Å². The zero-order valence-corrected chi connectivity index (χ0v) is 17.3. The number of hydrogen-bond acceptors (Lipinski definition) is 6. The van der Waals surface area contributed by atoms with Crippen LogP contribution in [-0.4, -0.2) is 26.4 Å². The van der Waals surface area contributed by atoms with Crippen LogP contribution in [0.1, 0.15) is 16.8 Å². The van der Waals surface area contributed by atoms with E-state index in [1.165, 1.54) is 0 Å². The number of halogens is 1. The van der Waals surface area contributed by atoms with Crippen LogP contribution in [0.25, 0.3) is 11.6 Å². The normalized spacial score (nSPS) is 13.7. The van der Waals surface area contributed by atoms with Gasteiger partial charge in [-0.2, -0.15) is 0 Å². The van der Waals surface area contributed by atoms with Gasteiger partial charge in [0.15, 0.2) is 11.6 Å². The molecule has 1 aromatic carbocycles. The summed E-state index contributed by atoms with van der Waals surface area (Å²) in [6.07, 6.45) is 3.94. The third-order valence-electron chi connectivity index (χ3n) is 5.17. The predicted molar refractivity (Wildman–Crippen MR) is 116 cm³/mol. The minimum atomic E-state index is -0.134. The fourth-order valence-corrected chi connectivity index (χ4v) is 3.76. The second-order valence-electron chi connectivity index (χ2n) is 7.30. The molecule has 0 bridgehead atoms. The zero-order chi connectivity index (χ0) is 21.2. The molecule has 0 spiro atoms. The van der Waals surface area contributed by atoms with Crippen molar-refractivity contribution in [3.8, 4) is 23.2 Å². The van der Waals surface area contributed by atoms with E-state index in [4.69, 9.17) is 20.8 Å². The molecule has 4 aromatic rings. The van der Waals surface area contributed by atoms with Gasteiger partial charge in [-0.15, -0.1) is 0 Å². The van der Waals surface area contributed by atoms with Crippen LogP contribution >= 0.6 is 11.6 Å². The monoisotopic (exact) mass is 434 g/mol. The maximum atomic E-state index is 12.7. The average Bonchev–Trinajstić information content (AvgIpc) is 3.32. The van der Waals surface area contributed by atoms with Crippen molar-refractivity contribution in [2.75, 3.05) is 6.54 Å². The standard InChI is InChI=1S/C23H19ClN4O3/c24-16-5-7-17(8-6-16)31-23-15(3-1-10-25-23)13-28-11-9-19-18(14-28)22(29)27-21(26-19)20-4-2-12-30-20/h1-8,10,12H,9,11,13-14H2,(H,26,27,29). The Morgan fingerprint density at radius 2 is 2.03 bits per heavy atom. The number of hydrogen-bond donors (Lipinski definition) is 1. The Labute approximate surface area is 183 Å². The Morgan fingerprint density at radius 3 is 2.84 bits per heavy atom. The molecule has 7 nitrogen and oxygen atoms in total. The molecule has 4 heterocycles. The lowest BCUT2D eigenvalue weighted by Crippen LogP contribution is -2.35. The zero-order valence-electron chi connectivity index (χ0n) is 16.5. The molecule has 0 fully saturated rings. The summed E-state index contributed by atoms with van der Waals surface area (Å²) in [5.41, 5.74) is 2.31. The maximum absolute atomic E-state index is 12.7. The fraction of sp³-hybridized carbons (Fsp3) is 0.174. The summed E-state index contributed by atoms with van der Waals surface area (Å²) in [5, 5.41) is 0.648. The van der Waals surface area contributed by atoms with Crippen molar-refractivity contribution < 1.29 is 9.15 Å².